The molecule has 0 aromatic rings. The smallest absolute Gasteiger partial charge is 0.0528 e. The van der Waals surface area contributed by atoms with Crippen LogP contribution in [-0.2, 0) is 0 Å². The van der Waals surface area contributed by atoms with E-state index in [4.69, 9.17) is 15.3 Å². The molecule has 3 N–H and O–H groups in total. The molecule has 3 heteroatoms. The molecule has 8 heavy (non-hydrogen) atoms. The molecule has 0 radical (unpaired) electrons. The minimum Gasteiger partial charge on any atom is -0.396 e. The molecule has 0 atom stereocenters. The lowest BCUT2D eigenvalue weighted by atomic mass is 9.95. The van der Waals surface area contributed by atoms with E-state index in [0.29, 0.717) is 0 Å². The van der Waals surface area contributed by atoms with E-state index in [1.807, 2.05) is 0 Å². The second-order valence-corrected chi connectivity index (χ2v) is 2.29. The van der Waals surface area contributed by atoms with Crippen molar-refractivity contribution in [2.75, 3.05) is 19.8 Å². The summed E-state index contributed by atoms with van der Waals surface area (Å²) in [5.41, 5.74) is -0.708. The van der Waals surface area contributed by atoms with Crippen LogP contribution in [0.4, 0.5) is 0 Å². The number of rotatable bonds is 3. The average molecular weight is 122 g/mol. The molecular weight excluding hydrogens is 108 g/mol. The van der Waals surface area contributed by atoms with Crippen LogP contribution in [0.3, 0.4) is 0 Å². The van der Waals surface area contributed by atoms with Crippen LogP contribution in [0.1, 0.15) is 8.35 Å². The van der Waals surface area contributed by atoms with Gasteiger partial charge in [-0.15, -0.1) is 0 Å². The molecule has 0 saturated carbocycles. The van der Waals surface area contributed by atoms with Crippen LogP contribution in [0.15, 0.2) is 0 Å². The van der Waals surface area contributed by atoms with Crippen molar-refractivity contribution in [3.8, 4) is 0 Å². The summed E-state index contributed by atoms with van der Waals surface area (Å²) in [6, 6.07) is 0. The number of aliphatic hydroxyl groups excluding tert-OH is 3. The second kappa shape index (κ2) is 3.02. The van der Waals surface area contributed by atoms with Gasteiger partial charge in [0.1, 0.15) is 0 Å². The lowest BCUT2D eigenvalue weighted by Crippen LogP contribution is -2.29. The SMILES string of the molecule is CC(CO)(CO)CO.[HH]. The molecule has 3 nitrogen and oxygen atoms in total. The Kier molecular flexibility index (Phi) is 2.97. The van der Waals surface area contributed by atoms with E-state index in [-0.39, 0.29) is 21.2 Å². The predicted octanol–water partition coefficient (Wildman–Crippen LogP) is -0.784. The Labute approximate surface area is 50.1 Å². The lowest BCUT2D eigenvalue weighted by Gasteiger charge is -2.20. The van der Waals surface area contributed by atoms with E-state index >= 15 is 0 Å². The van der Waals surface area contributed by atoms with E-state index in [1.165, 1.54) is 0 Å². The van der Waals surface area contributed by atoms with E-state index < -0.39 is 5.41 Å². The first-order valence-electron chi connectivity index (χ1n) is 2.51. The Bertz CT molecular complexity index is 55.0. The van der Waals surface area contributed by atoms with Crippen molar-refractivity contribution in [3.05, 3.63) is 0 Å². The third-order valence-electron chi connectivity index (χ3n) is 1.15. The quantitative estimate of drug-likeness (QED) is 0.460. The van der Waals surface area contributed by atoms with Gasteiger partial charge >= 0.3 is 0 Å². The highest BCUT2D eigenvalue weighted by Gasteiger charge is 2.20. The standard InChI is InChI=1S/C5H12O3.H2/c1-5(2-6,3-7)4-8;/h6-8H,2-4H2,1H3;1H. The van der Waals surface area contributed by atoms with Crippen LogP contribution in [0.5, 0.6) is 0 Å². The number of hydrogen-bond donors (Lipinski definition) is 3. The summed E-state index contributed by atoms with van der Waals surface area (Å²) in [4.78, 5) is 0. The van der Waals surface area contributed by atoms with Gasteiger partial charge in [-0.05, 0) is 0 Å². The Morgan fingerprint density at radius 1 is 1.12 bits per heavy atom. The van der Waals surface area contributed by atoms with Gasteiger partial charge in [0.2, 0.25) is 0 Å². The van der Waals surface area contributed by atoms with E-state index in [0.717, 1.165) is 0 Å². The third kappa shape index (κ3) is 1.78. The maximum absolute atomic E-state index is 8.47. The minimum atomic E-state index is -0.708. The molecule has 0 unspecified atom stereocenters. The second-order valence-electron chi connectivity index (χ2n) is 2.29. The van der Waals surface area contributed by atoms with Gasteiger partial charge in [-0.3, -0.25) is 0 Å². The molecule has 52 valence electrons. The lowest BCUT2D eigenvalue weighted by molar-refractivity contribution is 0.0200. The average Bonchev–Trinajstić information content (AvgIpc) is 1.87. The molecule has 0 amide bonds. The number of hydrogen-bond acceptors (Lipinski definition) is 3. The highest BCUT2D eigenvalue weighted by molar-refractivity contribution is 4.69. The molecule has 0 aliphatic heterocycles. The number of aliphatic hydroxyl groups is 3. The first kappa shape index (κ1) is 7.88. The van der Waals surface area contributed by atoms with Crippen molar-refractivity contribution in [2.24, 2.45) is 5.41 Å². The van der Waals surface area contributed by atoms with Crippen molar-refractivity contribution in [2.45, 2.75) is 6.92 Å². The highest BCUT2D eigenvalue weighted by atomic mass is 16.3. The summed E-state index contributed by atoms with van der Waals surface area (Å²) in [6.07, 6.45) is 0. The van der Waals surface area contributed by atoms with Gasteiger partial charge in [-0.2, -0.15) is 0 Å². The summed E-state index contributed by atoms with van der Waals surface area (Å²) in [5.74, 6) is 0. The molecule has 0 heterocycles. The van der Waals surface area contributed by atoms with Gasteiger partial charge in [0.15, 0.2) is 0 Å². The molecule has 0 spiro atoms. The van der Waals surface area contributed by atoms with Gasteiger partial charge in [0, 0.05) is 6.84 Å². The van der Waals surface area contributed by atoms with Crippen molar-refractivity contribution in [1.82, 2.24) is 0 Å². The minimum absolute atomic E-state index is 0. The van der Waals surface area contributed by atoms with Gasteiger partial charge < -0.3 is 15.3 Å². The molecule has 0 saturated heterocycles. The first-order valence-corrected chi connectivity index (χ1v) is 2.51. The van der Waals surface area contributed by atoms with E-state index in [2.05, 4.69) is 0 Å². The van der Waals surface area contributed by atoms with E-state index in [9.17, 15) is 0 Å². The summed E-state index contributed by atoms with van der Waals surface area (Å²) in [6.45, 7) is 1.06. The normalized spacial score (nSPS) is 12.0. The molecule has 0 rings (SSSR count). The summed E-state index contributed by atoms with van der Waals surface area (Å²) >= 11 is 0. The largest absolute Gasteiger partial charge is 0.396 e. The fourth-order valence-electron chi connectivity index (χ4n) is 0.150. The van der Waals surface area contributed by atoms with Crippen molar-refractivity contribution in [1.29, 1.82) is 0 Å². The zero-order valence-electron chi connectivity index (χ0n) is 4.96. The monoisotopic (exact) mass is 122 g/mol. The molecular formula is C5H14O3. The molecule has 0 aromatic carbocycles. The zero-order valence-corrected chi connectivity index (χ0v) is 4.96. The summed E-state index contributed by atoms with van der Waals surface area (Å²) < 4.78 is 0. The van der Waals surface area contributed by atoms with E-state index in [1.54, 1.807) is 6.92 Å². The van der Waals surface area contributed by atoms with Gasteiger partial charge in [-0.1, -0.05) is 6.92 Å². The van der Waals surface area contributed by atoms with Crippen LogP contribution in [0, 0.1) is 5.41 Å². The third-order valence-corrected chi connectivity index (χ3v) is 1.15. The first-order chi connectivity index (χ1) is 3.68. The van der Waals surface area contributed by atoms with Crippen LogP contribution >= 0.6 is 0 Å². The fourth-order valence-corrected chi connectivity index (χ4v) is 0.150. The molecule has 0 aliphatic rings. The van der Waals surface area contributed by atoms with Crippen molar-refractivity contribution < 1.29 is 16.7 Å². The highest BCUT2D eigenvalue weighted by Crippen LogP contribution is 2.10. The van der Waals surface area contributed by atoms with Gasteiger partial charge in [0.25, 0.3) is 0 Å². The maximum Gasteiger partial charge on any atom is 0.0528 e. The van der Waals surface area contributed by atoms with Crippen LogP contribution in [0.2, 0.25) is 0 Å². The summed E-state index contributed by atoms with van der Waals surface area (Å²) in [7, 11) is 0. The Morgan fingerprint density at radius 2 is 1.38 bits per heavy atom. The Morgan fingerprint density at radius 3 is 1.38 bits per heavy atom. The van der Waals surface area contributed by atoms with Crippen LogP contribution in [0.25, 0.3) is 0 Å². The molecule has 0 fully saturated rings. The molecule has 0 bridgehead atoms. The van der Waals surface area contributed by atoms with Crippen molar-refractivity contribution >= 4 is 0 Å². The fraction of sp³-hybridized carbons (Fsp3) is 1.00. The summed E-state index contributed by atoms with van der Waals surface area (Å²) in [5, 5.41) is 25.4. The topological polar surface area (TPSA) is 60.7 Å². The maximum atomic E-state index is 8.47. The van der Waals surface area contributed by atoms with Crippen LogP contribution in [-0.4, -0.2) is 35.1 Å². The Hall–Kier alpha value is -0.120. The zero-order chi connectivity index (χ0) is 6.62. The van der Waals surface area contributed by atoms with Gasteiger partial charge in [0.05, 0.1) is 19.8 Å². The molecule has 0 aromatic heterocycles. The van der Waals surface area contributed by atoms with Crippen LogP contribution < -0.4 is 0 Å². The Balaban J connectivity index is 0. The predicted molar refractivity (Wildman–Crippen MR) is 31.5 cm³/mol. The van der Waals surface area contributed by atoms with Crippen molar-refractivity contribution in [3.63, 3.8) is 0 Å². The van der Waals surface area contributed by atoms with Gasteiger partial charge in [-0.25, -0.2) is 0 Å². The molecule has 0 aliphatic carbocycles.